The van der Waals surface area contributed by atoms with Gasteiger partial charge in [0.25, 0.3) is 5.56 Å². The van der Waals surface area contributed by atoms with Crippen LogP contribution in [0.15, 0.2) is 83.0 Å². The normalized spacial score (nSPS) is 18.1. The van der Waals surface area contributed by atoms with Gasteiger partial charge in [0.15, 0.2) is 5.78 Å². The van der Waals surface area contributed by atoms with Gasteiger partial charge in [0, 0.05) is 36.0 Å². The molecule has 2 aliphatic rings. The molecular formula is C27H20N2O2S2. The van der Waals surface area contributed by atoms with Crippen LogP contribution in [0.4, 0.5) is 5.69 Å². The number of benzene rings is 3. The van der Waals surface area contributed by atoms with Crippen LogP contribution >= 0.6 is 23.1 Å². The Balaban J connectivity index is 1.61. The summed E-state index contributed by atoms with van der Waals surface area (Å²) in [7, 11) is 2.00. The third kappa shape index (κ3) is 2.98. The van der Waals surface area contributed by atoms with Crippen molar-refractivity contribution in [3.05, 3.63) is 104 Å². The Kier molecular flexibility index (Phi) is 4.67. The maximum absolute atomic E-state index is 13.6. The van der Waals surface area contributed by atoms with Gasteiger partial charge in [0.05, 0.1) is 5.69 Å². The number of allylic oxidation sites excluding steroid dienone is 1. The molecule has 0 unspecified atom stereocenters. The van der Waals surface area contributed by atoms with Crippen LogP contribution in [0.1, 0.15) is 15.9 Å². The van der Waals surface area contributed by atoms with Gasteiger partial charge >= 0.3 is 0 Å². The second-order valence-corrected chi connectivity index (χ2v) is 10.2. The van der Waals surface area contributed by atoms with Crippen molar-refractivity contribution < 1.29 is 4.79 Å². The number of rotatable bonds is 2. The Morgan fingerprint density at radius 2 is 1.82 bits per heavy atom. The molecule has 0 saturated carbocycles. The van der Waals surface area contributed by atoms with Gasteiger partial charge in [-0.3, -0.25) is 14.2 Å². The minimum absolute atomic E-state index is 0.0166. The van der Waals surface area contributed by atoms with Crippen LogP contribution in [-0.2, 0) is 13.0 Å². The number of anilines is 1. The Morgan fingerprint density at radius 3 is 2.64 bits per heavy atom. The minimum atomic E-state index is -0.0717. The van der Waals surface area contributed by atoms with E-state index in [0.717, 1.165) is 31.4 Å². The van der Waals surface area contributed by atoms with E-state index in [2.05, 4.69) is 35.7 Å². The van der Waals surface area contributed by atoms with Crippen molar-refractivity contribution in [2.75, 3.05) is 11.9 Å². The molecule has 0 saturated heterocycles. The van der Waals surface area contributed by atoms with Crippen molar-refractivity contribution in [1.29, 1.82) is 0 Å². The van der Waals surface area contributed by atoms with E-state index in [4.69, 9.17) is 0 Å². The molecule has 3 aromatic carbocycles. The number of aromatic nitrogens is 1. The number of carbonyl (C=O) groups excluding carboxylic acids is 1. The van der Waals surface area contributed by atoms with Gasteiger partial charge in [0.2, 0.25) is 0 Å². The summed E-state index contributed by atoms with van der Waals surface area (Å²) in [5, 5.41) is 3.27. The topological polar surface area (TPSA) is 42.3 Å². The lowest BCUT2D eigenvalue weighted by Crippen LogP contribution is -2.34. The molecule has 1 aromatic heterocycles. The molecule has 0 amide bonds. The third-order valence-corrected chi connectivity index (χ3v) is 8.94. The van der Waals surface area contributed by atoms with Crippen LogP contribution in [0, 0.1) is 0 Å². The number of Topliss-reactive ketones (excluding diaryl/α,β-unsaturated/α-hetero) is 1. The molecule has 1 aliphatic heterocycles. The predicted molar refractivity (Wildman–Crippen MR) is 138 cm³/mol. The molecule has 0 fully saturated rings. The van der Waals surface area contributed by atoms with Crippen LogP contribution < -0.4 is 19.7 Å². The van der Waals surface area contributed by atoms with Gasteiger partial charge < -0.3 is 4.90 Å². The highest BCUT2D eigenvalue weighted by Crippen LogP contribution is 2.48. The molecule has 6 rings (SSSR count). The Hall–Kier alpha value is -3.35. The van der Waals surface area contributed by atoms with Crippen molar-refractivity contribution in [2.45, 2.75) is 17.9 Å². The number of hydrogen-bond acceptors (Lipinski definition) is 5. The summed E-state index contributed by atoms with van der Waals surface area (Å²) >= 11 is 3.05. The van der Waals surface area contributed by atoms with Crippen LogP contribution in [0.3, 0.4) is 0 Å². The number of fused-ring (bicyclic) bond motifs is 4. The summed E-state index contributed by atoms with van der Waals surface area (Å²) in [5.41, 5.74) is 3.47. The number of thioether (sulfide) groups is 1. The minimum Gasteiger partial charge on any atom is -0.337 e. The van der Waals surface area contributed by atoms with E-state index in [1.807, 2.05) is 43.4 Å². The summed E-state index contributed by atoms with van der Waals surface area (Å²) in [4.78, 5) is 30.0. The van der Waals surface area contributed by atoms with Crippen LogP contribution in [-0.4, -0.2) is 17.4 Å². The lowest BCUT2D eigenvalue weighted by molar-refractivity contribution is 0.105. The monoisotopic (exact) mass is 468 g/mol. The molecule has 162 valence electrons. The van der Waals surface area contributed by atoms with Gasteiger partial charge in [-0.15, -0.1) is 17.9 Å². The number of nitrogens with zero attached hydrogens (tertiary/aromatic N) is 2. The van der Waals surface area contributed by atoms with Crippen LogP contribution in [0.25, 0.3) is 21.4 Å². The number of hydrogen-bond donors (Lipinski definition) is 0. The molecular weight excluding hydrogens is 448 g/mol. The van der Waals surface area contributed by atoms with Crippen molar-refractivity contribution in [1.82, 2.24) is 4.57 Å². The molecule has 4 aromatic rings. The maximum atomic E-state index is 13.6. The average Bonchev–Trinajstić information content (AvgIpc) is 3.46. The summed E-state index contributed by atoms with van der Waals surface area (Å²) in [6.45, 7) is 4.21. The summed E-state index contributed by atoms with van der Waals surface area (Å²) in [6.07, 6.45) is 2.27. The SMILES string of the molecule is C=CCn1c(=O)/c(=C2\Sc3c(ccc4ccccc34)N2C)s/c1=C1/Cc2ccccc2C1=O. The second-order valence-electron chi connectivity index (χ2n) is 8.18. The van der Waals surface area contributed by atoms with E-state index >= 15 is 0 Å². The first-order chi connectivity index (χ1) is 16.1. The molecule has 6 heteroatoms. The standard InChI is InChI=1S/C27H20N2O2S2/c1-3-14-29-25(31)24(33-26(29)20-15-17-9-5-6-10-18(17)22(20)30)27-28(2)21-13-12-16-8-4-7-11-19(16)23(21)32-27/h3-13H,1,14-15H2,2H3/b26-20-,27-24+. The summed E-state index contributed by atoms with van der Waals surface area (Å²) in [5.74, 6) is 0.0166. The Bertz CT molecular complexity index is 1680. The molecule has 1 aliphatic carbocycles. The molecule has 0 atom stereocenters. The van der Waals surface area contributed by atoms with Gasteiger partial charge in [-0.1, -0.05) is 72.4 Å². The molecule has 0 bridgehead atoms. The van der Waals surface area contributed by atoms with Crippen molar-refractivity contribution in [3.63, 3.8) is 0 Å². The Morgan fingerprint density at radius 1 is 1.03 bits per heavy atom. The summed E-state index contributed by atoms with van der Waals surface area (Å²) in [6, 6.07) is 20.2. The fourth-order valence-corrected chi connectivity index (χ4v) is 7.28. The van der Waals surface area contributed by atoms with E-state index in [-0.39, 0.29) is 11.3 Å². The molecule has 33 heavy (non-hydrogen) atoms. The van der Waals surface area contributed by atoms with Gasteiger partial charge in [-0.25, -0.2) is 0 Å². The first-order valence-electron chi connectivity index (χ1n) is 10.7. The lowest BCUT2D eigenvalue weighted by Gasteiger charge is -2.12. The van der Waals surface area contributed by atoms with Gasteiger partial charge in [-0.05, 0) is 22.4 Å². The number of ketones is 1. The summed E-state index contributed by atoms with van der Waals surface area (Å²) < 4.78 is 3.10. The fraction of sp³-hybridized carbons (Fsp3) is 0.111. The van der Waals surface area contributed by atoms with Crippen LogP contribution in [0.5, 0.6) is 0 Å². The van der Waals surface area contributed by atoms with E-state index in [0.29, 0.717) is 23.1 Å². The van der Waals surface area contributed by atoms with Crippen molar-refractivity contribution in [2.24, 2.45) is 0 Å². The molecule has 4 nitrogen and oxygen atoms in total. The highest BCUT2D eigenvalue weighted by atomic mass is 32.2. The lowest BCUT2D eigenvalue weighted by atomic mass is 10.1. The quantitative estimate of drug-likeness (QED) is 0.415. The highest BCUT2D eigenvalue weighted by molar-refractivity contribution is 8.09. The van der Waals surface area contributed by atoms with E-state index in [1.165, 1.54) is 22.1 Å². The largest absolute Gasteiger partial charge is 0.337 e. The fourth-order valence-electron chi connectivity index (χ4n) is 4.64. The van der Waals surface area contributed by atoms with Crippen molar-refractivity contribution >= 4 is 55.9 Å². The third-order valence-electron chi connectivity index (χ3n) is 6.27. The highest BCUT2D eigenvalue weighted by Gasteiger charge is 2.29. The Labute approximate surface area is 198 Å². The van der Waals surface area contributed by atoms with Crippen LogP contribution in [0.2, 0.25) is 0 Å². The smallest absolute Gasteiger partial charge is 0.272 e. The second kappa shape index (κ2) is 7.61. The zero-order valence-electron chi connectivity index (χ0n) is 18.0. The van der Waals surface area contributed by atoms with E-state index in [1.54, 1.807) is 22.4 Å². The van der Waals surface area contributed by atoms with Gasteiger partial charge in [-0.2, -0.15) is 0 Å². The molecule has 0 radical (unpaired) electrons. The predicted octanol–water partition coefficient (Wildman–Crippen LogP) is 4.15. The molecule has 0 spiro atoms. The molecule has 0 N–H and O–H groups in total. The van der Waals surface area contributed by atoms with Crippen molar-refractivity contribution in [3.8, 4) is 0 Å². The van der Waals surface area contributed by atoms with E-state index < -0.39 is 0 Å². The zero-order chi connectivity index (χ0) is 22.7. The van der Waals surface area contributed by atoms with E-state index in [9.17, 15) is 9.59 Å². The first kappa shape index (κ1) is 20.3. The first-order valence-corrected chi connectivity index (χ1v) is 12.4. The molecule has 2 heterocycles. The maximum Gasteiger partial charge on any atom is 0.272 e. The average molecular weight is 469 g/mol. The van der Waals surface area contributed by atoms with Gasteiger partial charge in [0.1, 0.15) is 14.2 Å². The number of carbonyl (C=O) groups is 1. The number of thiazole rings is 1. The zero-order valence-corrected chi connectivity index (χ0v) is 19.6.